The Morgan fingerprint density at radius 1 is 1.20 bits per heavy atom. The Bertz CT molecular complexity index is 477. The highest BCUT2D eigenvalue weighted by Gasteiger charge is 2.50. The lowest BCUT2D eigenvalue weighted by Gasteiger charge is -2.43. The molecule has 108 valence electrons. The van der Waals surface area contributed by atoms with Gasteiger partial charge in [-0.15, -0.1) is 0 Å². The number of hydrogen-bond donors (Lipinski definition) is 0. The average Bonchev–Trinajstić information content (AvgIpc) is 2.76. The summed E-state index contributed by atoms with van der Waals surface area (Å²) in [7, 11) is 2.18. The van der Waals surface area contributed by atoms with Gasteiger partial charge in [0.1, 0.15) is 0 Å². The third kappa shape index (κ3) is 2.14. The van der Waals surface area contributed by atoms with Gasteiger partial charge in [-0.3, -0.25) is 4.79 Å². The maximum Gasteiger partial charge on any atom is 0.230 e. The van der Waals surface area contributed by atoms with E-state index in [1.807, 2.05) is 18.2 Å². The monoisotopic (exact) mass is 272 g/mol. The van der Waals surface area contributed by atoms with E-state index in [-0.39, 0.29) is 11.5 Å². The van der Waals surface area contributed by atoms with E-state index in [1.54, 1.807) is 0 Å². The average molecular weight is 272 g/mol. The number of likely N-dealkylation sites (N-methyl/N-ethyl adjacent to an activating group) is 1. The fourth-order valence-electron chi connectivity index (χ4n) is 3.95. The third-order valence-electron chi connectivity index (χ3n) is 5.16. The first kappa shape index (κ1) is 13.6. The predicted molar refractivity (Wildman–Crippen MR) is 80.6 cm³/mol. The Kier molecular flexibility index (Phi) is 3.55. The van der Waals surface area contributed by atoms with E-state index in [4.69, 9.17) is 0 Å². The van der Waals surface area contributed by atoms with Crippen molar-refractivity contribution in [2.45, 2.75) is 37.6 Å². The van der Waals surface area contributed by atoms with Gasteiger partial charge in [0.2, 0.25) is 5.91 Å². The fourth-order valence-corrected chi connectivity index (χ4v) is 3.95. The first-order valence-electron chi connectivity index (χ1n) is 7.71. The second-order valence-corrected chi connectivity index (χ2v) is 6.28. The van der Waals surface area contributed by atoms with Crippen molar-refractivity contribution in [1.29, 1.82) is 0 Å². The number of amides is 1. The minimum atomic E-state index is 0.0690. The summed E-state index contributed by atoms with van der Waals surface area (Å²) in [5, 5.41) is 0. The molecule has 3 rings (SSSR count). The van der Waals surface area contributed by atoms with Crippen molar-refractivity contribution in [3.8, 4) is 0 Å². The van der Waals surface area contributed by atoms with E-state index in [1.165, 1.54) is 5.56 Å². The molecule has 1 unspecified atom stereocenters. The number of rotatable bonds is 2. The zero-order chi connectivity index (χ0) is 14.2. The molecular formula is C17H24N2O. The number of benzene rings is 1. The lowest BCUT2D eigenvalue weighted by atomic mass is 9.81. The van der Waals surface area contributed by atoms with Crippen LogP contribution in [0.5, 0.6) is 0 Å². The third-order valence-corrected chi connectivity index (χ3v) is 5.16. The van der Waals surface area contributed by atoms with Crippen LogP contribution in [0.3, 0.4) is 0 Å². The van der Waals surface area contributed by atoms with Gasteiger partial charge < -0.3 is 9.80 Å². The summed E-state index contributed by atoms with van der Waals surface area (Å²) >= 11 is 0. The van der Waals surface area contributed by atoms with Gasteiger partial charge in [-0.1, -0.05) is 30.3 Å². The number of nitrogens with zero attached hydrogens (tertiary/aromatic N) is 2. The van der Waals surface area contributed by atoms with E-state index in [2.05, 4.69) is 35.9 Å². The second kappa shape index (κ2) is 5.21. The van der Waals surface area contributed by atoms with Crippen molar-refractivity contribution in [2.24, 2.45) is 0 Å². The lowest BCUT2D eigenvalue weighted by molar-refractivity contribution is -0.133. The zero-order valence-corrected chi connectivity index (χ0v) is 12.5. The molecule has 1 aromatic rings. The van der Waals surface area contributed by atoms with E-state index >= 15 is 0 Å². The predicted octanol–water partition coefficient (Wildman–Crippen LogP) is 2.49. The maximum atomic E-state index is 12.8. The topological polar surface area (TPSA) is 23.6 Å². The van der Waals surface area contributed by atoms with Crippen LogP contribution in [0.15, 0.2) is 30.3 Å². The Balaban J connectivity index is 1.88. The summed E-state index contributed by atoms with van der Waals surface area (Å²) in [6, 6.07) is 10.3. The molecule has 2 aliphatic heterocycles. The van der Waals surface area contributed by atoms with E-state index < -0.39 is 0 Å². The van der Waals surface area contributed by atoms with Gasteiger partial charge in [-0.25, -0.2) is 0 Å². The van der Waals surface area contributed by atoms with Crippen LogP contribution in [-0.2, 0) is 4.79 Å². The van der Waals surface area contributed by atoms with E-state index in [9.17, 15) is 4.79 Å². The molecule has 3 heteroatoms. The molecule has 20 heavy (non-hydrogen) atoms. The van der Waals surface area contributed by atoms with Crippen LogP contribution in [0, 0.1) is 0 Å². The highest BCUT2D eigenvalue weighted by molar-refractivity contribution is 5.87. The van der Waals surface area contributed by atoms with Gasteiger partial charge >= 0.3 is 0 Å². The number of carbonyl (C=O) groups is 1. The van der Waals surface area contributed by atoms with Crippen molar-refractivity contribution in [2.75, 3.05) is 26.7 Å². The normalized spacial score (nSPS) is 26.4. The molecule has 2 saturated heterocycles. The molecule has 1 atom stereocenters. The Hall–Kier alpha value is -1.35. The summed E-state index contributed by atoms with van der Waals surface area (Å²) in [6.07, 6.45) is 3.23. The van der Waals surface area contributed by atoms with Crippen molar-refractivity contribution in [3.63, 3.8) is 0 Å². The Morgan fingerprint density at radius 3 is 2.45 bits per heavy atom. The molecule has 0 aromatic heterocycles. The van der Waals surface area contributed by atoms with Gasteiger partial charge in [-0.05, 0) is 38.8 Å². The Morgan fingerprint density at radius 2 is 1.85 bits per heavy atom. The molecule has 0 saturated carbocycles. The van der Waals surface area contributed by atoms with Crippen LogP contribution in [0.2, 0.25) is 0 Å². The SMILES string of the molecule is CCN1C(=O)C(c2ccccc2)CC12CCN(C)CC2. The van der Waals surface area contributed by atoms with Gasteiger partial charge in [-0.2, -0.15) is 0 Å². The molecule has 2 fully saturated rings. The van der Waals surface area contributed by atoms with Gasteiger partial charge in [0, 0.05) is 25.2 Å². The van der Waals surface area contributed by atoms with Crippen LogP contribution in [0.1, 0.15) is 37.7 Å². The van der Waals surface area contributed by atoms with Gasteiger partial charge in [0.15, 0.2) is 0 Å². The molecule has 1 amide bonds. The summed E-state index contributed by atoms with van der Waals surface area (Å²) in [6.45, 7) is 5.16. The highest BCUT2D eigenvalue weighted by Crippen LogP contribution is 2.45. The molecule has 1 aromatic carbocycles. The number of likely N-dealkylation sites (tertiary alicyclic amines) is 2. The minimum Gasteiger partial charge on any atom is -0.337 e. The minimum absolute atomic E-state index is 0.0690. The molecule has 0 aliphatic carbocycles. The van der Waals surface area contributed by atoms with Crippen molar-refractivity contribution < 1.29 is 4.79 Å². The first-order chi connectivity index (χ1) is 9.66. The lowest BCUT2D eigenvalue weighted by Crippen LogP contribution is -2.52. The summed E-state index contributed by atoms with van der Waals surface area (Å²) in [4.78, 5) is 17.3. The smallest absolute Gasteiger partial charge is 0.230 e. The standard InChI is InChI=1S/C17H24N2O/c1-3-19-16(20)15(14-7-5-4-6-8-14)13-17(19)9-11-18(2)12-10-17/h4-8,15H,3,9-13H2,1-2H3. The number of hydrogen-bond acceptors (Lipinski definition) is 2. The molecule has 0 N–H and O–H groups in total. The van der Waals surface area contributed by atoms with E-state index in [0.717, 1.165) is 38.9 Å². The van der Waals surface area contributed by atoms with Crippen LogP contribution in [-0.4, -0.2) is 47.9 Å². The molecular weight excluding hydrogens is 248 g/mol. The zero-order valence-electron chi connectivity index (χ0n) is 12.5. The van der Waals surface area contributed by atoms with Gasteiger partial charge in [0.25, 0.3) is 0 Å². The quantitative estimate of drug-likeness (QED) is 0.826. The summed E-state index contributed by atoms with van der Waals surface area (Å²) in [5.41, 5.74) is 1.30. The maximum absolute atomic E-state index is 12.8. The molecule has 2 aliphatic rings. The molecule has 3 nitrogen and oxygen atoms in total. The van der Waals surface area contributed by atoms with Crippen LogP contribution >= 0.6 is 0 Å². The van der Waals surface area contributed by atoms with Gasteiger partial charge in [0.05, 0.1) is 5.92 Å². The number of carbonyl (C=O) groups excluding carboxylic acids is 1. The van der Waals surface area contributed by atoms with Crippen molar-refractivity contribution in [3.05, 3.63) is 35.9 Å². The van der Waals surface area contributed by atoms with Crippen molar-refractivity contribution >= 4 is 5.91 Å². The molecule has 0 radical (unpaired) electrons. The molecule has 0 bridgehead atoms. The first-order valence-corrected chi connectivity index (χ1v) is 7.71. The van der Waals surface area contributed by atoms with E-state index in [0.29, 0.717) is 5.91 Å². The second-order valence-electron chi connectivity index (χ2n) is 6.28. The van der Waals surface area contributed by atoms with Crippen LogP contribution in [0.25, 0.3) is 0 Å². The Labute approximate surface area is 121 Å². The van der Waals surface area contributed by atoms with Crippen LogP contribution in [0.4, 0.5) is 0 Å². The fraction of sp³-hybridized carbons (Fsp3) is 0.588. The largest absolute Gasteiger partial charge is 0.337 e. The highest BCUT2D eigenvalue weighted by atomic mass is 16.2. The van der Waals surface area contributed by atoms with Crippen LogP contribution < -0.4 is 0 Å². The summed E-state index contributed by atoms with van der Waals surface area (Å²) in [5.74, 6) is 0.405. The number of piperidine rings is 1. The summed E-state index contributed by atoms with van der Waals surface area (Å²) < 4.78 is 0. The van der Waals surface area contributed by atoms with Crippen molar-refractivity contribution in [1.82, 2.24) is 9.80 Å². The molecule has 2 heterocycles. The molecule has 1 spiro atoms.